The summed E-state index contributed by atoms with van der Waals surface area (Å²) in [6, 6.07) is 2.64. The van der Waals surface area contributed by atoms with Crippen LogP contribution in [0.5, 0.6) is 5.75 Å². The fourth-order valence-electron chi connectivity index (χ4n) is 2.97. The number of nitro benzene ring substituents is 1. The maximum absolute atomic E-state index is 13.2. The van der Waals surface area contributed by atoms with Crippen molar-refractivity contribution in [3.8, 4) is 5.75 Å². The summed E-state index contributed by atoms with van der Waals surface area (Å²) in [5, 5.41) is 24.1. The highest BCUT2D eigenvalue weighted by Gasteiger charge is 2.33. The van der Waals surface area contributed by atoms with Crippen LogP contribution in [0.15, 0.2) is 29.1 Å². The van der Waals surface area contributed by atoms with Crippen molar-refractivity contribution >= 4 is 22.5 Å². The number of anilines is 1. The number of nitrogens with zero attached hydrogens (tertiary/aromatic N) is 4. The van der Waals surface area contributed by atoms with Gasteiger partial charge in [0.2, 0.25) is 0 Å². The van der Waals surface area contributed by atoms with E-state index in [1.54, 1.807) is 6.92 Å². The zero-order valence-electron chi connectivity index (χ0n) is 16.0. The zero-order valence-corrected chi connectivity index (χ0v) is 16.0. The van der Waals surface area contributed by atoms with E-state index in [0.717, 1.165) is 22.8 Å². The Bertz CT molecular complexity index is 1220. The van der Waals surface area contributed by atoms with Gasteiger partial charge in [-0.2, -0.15) is 13.2 Å². The number of nitrogens with one attached hydrogen (secondary N) is 1. The molecule has 158 valence electrons. The van der Waals surface area contributed by atoms with Gasteiger partial charge in [-0.05, 0) is 25.5 Å². The minimum atomic E-state index is -4.76. The third-order valence-corrected chi connectivity index (χ3v) is 4.49. The molecule has 30 heavy (non-hydrogen) atoms. The van der Waals surface area contributed by atoms with E-state index in [9.17, 15) is 33.2 Å². The van der Waals surface area contributed by atoms with Gasteiger partial charge in [-0.1, -0.05) is 0 Å². The number of benzene rings is 1. The third kappa shape index (κ3) is 3.88. The van der Waals surface area contributed by atoms with Crippen LogP contribution in [0.4, 0.5) is 24.7 Å². The molecule has 0 saturated carbocycles. The lowest BCUT2D eigenvalue weighted by Gasteiger charge is -2.18. The topological polar surface area (TPSA) is 123 Å². The standard InChI is InChI=1S/C18H16F3N5O4/c1-8(10-4-11(18(19,20)21)6-12(5-10)26(29)30)22-15-13-7-14(27)17(28)25(3)16(13)24-9(2)23-15/h4-8,27H,1-3H3,(H,22,23,24)/t8-/m1/s1. The van der Waals surface area contributed by atoms with Gasteiger partial charge in [0.25, 0.3) is 11.2 Å². The van der Waals surface area contributed by atoms with Crippen molar-refractivity contribution in [2.45, 2.75) is 26.1 Å². The summed E-state index contributed by atoms with van der Waals surface area (Å²) in [6.45, 7) is 3.06. The number of aromatic nitrogens is 3. The molecule has 3 aromatic rings. The summed E-state index contributed by atoms with van der Waals surface area (Å²) < 4.78 is 40.6. The number of hydrogen-bond donors (Lipinski definition) is 2. The number of aryl methyl sites for hydroxylation is 2. The fraction of sp³-hybridized carbons (Fsp3) is 0.278. The van der Waals surface area contributed by atoms with E-state index in [1.807, 2.05) is 0 Å². The first kappa shape index (κ1) is 21.0. The molecule has 3 rings (SSSR count). The summed E-state index contributed by atoms with van der Waals surface area (Å²) in [4.78, 5) is 30.5. The minimum Gasteiger partial charge on any atom is -0.503 e. The van der Waals surface area contributed by atoms with Crippen LogP contribution in [0.1, 0.15) is 29.9 Å². The molecule has 0 aliphatic heterocycles. The zero-order chi connectivity index (χ0) is 22.4. The van der Waals surface area contributed by atoms with E-state index in [1.165, 1.54) is 14.0 Å². The van der Waals surface area contributed by atoms with Crippen molar-refractivity contribution in [1.29, 1.82) is 0 Å². The Morgan fingerprint density at radius 3 is 2.50 bits per heavy atom. The Hall–Kier alpha value is -3.70. The molecule has 2 N–H and O–H groups in total. The van der Waals surface area contributed by atoms with Gasteiger partial charge in [0.05, 0.1) is 21.9 Å². The molecule has 0 aliphatic rings. The number of nitro groups is 1. The van der Waals surface area contributed by atoms with E-state index < -0.39 is 39.7 Å². The van der Waals surface area contributed by atoms with Crippen molar-refractivity contribution in [2.75, 3.05) is 5.32 Å². The lowest BCUT2D eigenvalue weighted by atomic mass is 10.0. The number of alkyl halides is 3. The Balaban J connectivity index is 2.12. The molecule has 1 atom stereocenters. The maximum atomic E-state index is 13.2. The lowest BCUT2D eigenvalue weighted by molar-refractivity contribution is -0.385. The number of pyridine rings is 1. The van der Waals surface area contributed by atoms with Crippen LogP contribution in [-0.4, -0.2) is 24.6 Å². The van der Waals surface area contributed by atoms with Crippen molar-refractivity contribution in [2.24, 2.45) is 7.05 Å². The predicted molar refractivity (Wildman–Crippen MR) is 101 cm³/mol. The average Bonchev–Trinajstić information content (AvgIpc) is 2.66. The van der Waals surface area contributed by atoms with Gasteiger partial charge < -0.3 is 10.4 Å². The first-order valence-corrected chi connectivity index (χ1v) is 8.59. The van der Waals surface area contributed by atoms with Crippen molar-refractivity contribution in [1.82, 2.24) is 14.5 Å². The largest absolute Gasteiger partial charge is 0.503 e. The first-order valence-electron chi connectivity index (χ1n) is 8.59. The molecule has 0 aliphatic carbocycles. The molecule has 2 heterocycles. The van der Waals surface area contributed by atoms with E-state index in [0.29, 0.717) is 6.07 Å². The number of rotatable bonds is 4. The first-order chi connectivity index (χ1) is 13.9. The number of fused-ring (bicyclic) bond motifs is 1. The second-order valence-corrected chi connectivity index (χ2v) is 6.68. The van der Waals surface area contributed by atoms with Gasteiger partial charge in [-0.25, -0.2) is 9.97 Å². The van der Waals surface area contributed by atoms with Crippen LogP contribution in [-0.2, 0) is 13.2 Å². The minimum absolute atomic E-state index is 0.00924. The Morgan fingerprint density at radius 1 is 1.23 bits per heavy atom. The summed E-state index contributed by atoms with van der Waals surface area (Å²) in [7, 11) is 1.40. The van der Waals surface area contributed by atoms with E-state index in [-0.39, 0.29) is 28.2 Å². The fourth-order valence-corrected chi connectivity index (χ4v) is 2.97. The van der Waals surface area contributed by atoms with Crippen LogP contribution < -0.4 is 10.9 Å². The molecule has 9 nitrogen and oxygen atoms in total. The van der Waals surface area contributed by atoms with Crippen LogP contribution >= 0.6 is 0 Å². The van der Waals surface area contributed by atoms with Crippen LogP contribution in [0, 0.1) is 17.0 Å². The van der Waals surface area contributed by atoms with Crippen LogP contribution in [0.25, 0.3) is 11.0 Å². The molecule has 0 bridgehead atoms. The molecule has 0 spiro atoms. The molecule has 1 aromatic carbocycles. The number of halogens is 3. The second kappa shape index (κ2) is 7.28. The molecule has 0 saturated heterocycles. The molecule has 0 amide bonds. The van der Waals surface area contributed by atoms with Crippen molar-refractivity contribution in [3.63, 3.8) is 0 Å². The van der Waals surface area contributed by atoms with E-state index >= 15 is 0 Å². The molecule has 12 heteroatoms. The summed E-state index contributed by atoms with van der Waals surface area (Å²) in [5.41, 5.74) is -2.31. The highest BCUT2D eigenvalue weighted by atomic mass is 19.4. The molecule has 0 radical (unpaired) electrons. The molecule has 0 fully saturated rings. The third-order valence-electron chi connectivity index (χ3n) is 4.49. The van der Waals surface area contributed by atoms with Crippen molar-refractivity contribution < 1.29 is 23.2 Å². The van der Waals surface area contributed by atoms with Gasteiger partial charge in [-0.3, -0.25) is 19.5 Å². The monoisotopic (exact) mass is 423 g/mol. The second-order valence-electron chi connectivity index (χ2n) is 6.68. The van der Waals surface area contributed by atoms with E-state index in [2.05, 4.69) is 15.3 Å². The quantitative estimate of drug-likeness (QED) is 0.487. The lowest BCUT2D eigenvalue weighted by Crippen LogP contribution is -2.19. The number of hydrogen-bond acceptors (Lipinski definition) is 7. The predicted octanol–water partition coefficient (Wildman–Crippen LogP) is 3.44. The van der Waals surface area contributed by atoms with Gasteiger partial charge in [0.1, 0.15) is 17.3 Å². The van der Waals surface area contributed by atoms with Gasteiger partial charge >= 0.3 is 6.18 Å². The molecule has 0 unspecified atom stereocenters. The molecule has 2 aromatic heterocycles. The maximum Gasteiger partial charge on any atom is 0.416 e. The normalized spacial score (nSPS) is 12.7. The Kier molecular flexibility index (Phi) is 5.10. The van der Waals surface area contributed by atoms with Crippen molar-refractivity contribution in [3.05, 3.63) is 61.7 Å². The summed E-state index contributed by atoms with van der Waals surface area (Å²) in [5.74, 6) is -0.133. The van der Waals surface area contributed by atoms with Crippen LogP contribution in [0.3, 0.4) is 0 Å². The van der Waals surface area contributed by atoms with Crippen LogP contribution in [0.2, 0.25) is 0 Å². The average molecular weight is 423 g/mol. The number of aromatic hydroxyl groups is 1. The number of non-ortho nitro benzene ring substituents is 1. The molecular formula is C18H16F3N5O4. The Labute approximate surface area is 167 Å². The Morgan fingerprint density at radius 2 is 1.90 bits per heavy atom. The SMILES string of the molecule is Cc1nc(N[C@H](C)c2cc([N+](=O)[O-])cc(C(F)(F)F)c2)c2cc(O)c(=O)n(C)c2n1. The summed E-state index contributed by atoms with van der Waals surface area (Å²) >= 11 is 0. The smallest absolute Gasteiger partial charge is 0.416 e. The highest BCUT2D eigenvalue weighted by Crippen LogP contribution is 2.35. The van der Waals surface area contributed by atoms with E-state index in [4.69, 9.17) is 0 Å². The van der Waals surface area contributed by atoms with Gasteiger partial charge in [0.15, 0.2) is 5.75 Å². The van der Waals surface area contributed by atoms with Gasteiger partial charge in [0, 0.05) is 25.2 Å². The molecular weight excluding hydrogens is 407 g/mol. The summed E-state index contributed by atoms with van der Waals surface area (Å²) in [6.07, 6.45) is -4.76. The highest BCUT2D eigenvalue weighted by molar-refractivity contribution is 5.88. The van der Waals surface area contributed by atoms with Gasteiger partial charge in [-0.15, -0.1) is 0 Å².